The van der Waals surface area contributed by atoms with E-state index in [1.807, 2.05) is 0 Å². The minimum Gasteiger partial charge on any atom is -0.367 e. The lowest BCUT2D eigenvalue weighted by Gasteiger charge is -2.35. The normalized spacial score (nSPS) is 19.2. The number of piperidine rings is 1. The fourth-order valence-electron chi connectivity index (χ4n) is 5.72. The maximum Gasteiger partial charge on any atom is 0.288 e. The van der Waals surface area contributed by atoms with E-state index in [2.05, 4.69) is 0 Å². The van der Waals surface area contributed by atoms with Gasteiger partial charge in [-0.3, -0.25) is 20.2 Å². The average Bonchev–Trinajstić information content (AvgIpc) is 3.36. The van der Waals surface area contributed by atoms with Gasteiger partial charge in [-0.25, -0.2) is 13.2 Å². The second kappa shape index (κ2) is 11.1. The molecule has 2 aliphatic rings. The Labute approximate surface area is 237 Å². The van der Waals surface area contributed by atoms with Gasteiger partial charge in [0.2, 0.25) is 0 Å². The summed E-state index contributed by atoms with van der Waals surface area (Å²) in [7, 11) is 0. The molecule has 2 aliphatic heterocycles. The van der Waals surface area contributed by atoms with Crippen LogP contribution in [0, 0.1) is 37.7 Å². The van der Waals surface area contributed by atoms with Crippen LogP contribution in [0.1, 0.15) is 55.3 Å². The van der Waals surface area contributed by atoms with Crippen molar-refractivity contribution < 1.29 is 23.0 Å². The van der Waals surface area contributed by atoms with Crippen LogP contribution < -0.4 is 9.80 Å². The fraction of sp³-hybridized carbons (Fsp3) is 0.333. The molecular formula is C27H23Cl2F3N4O4. The van der Waals surface area contributed by atoms with Crippen molar-refractivity contribution in [2.45, 2.75) is 44.2 Å². The SMILES string of the molecule is O=[N+]([O-])c1cc([C@H]2CC[C@H](c3ccc(Cl)c([N+](=O)[O-])c3)N2c2cc(F)c(N3CCCCC3)c(F)c2F)ccc1Cl. The van der Waals surface area contributed by atoms with Crippen LogP contribution in [0.2, 0.25) is 10.0 Å². The zero-order chi connectivity index (χ0) is 28.7. The number of rotatable bonds is 6. The van der Waals surface area contributed by atoms with E-state index in [1.54, 1.807) is 0 Å². The number of hydrogen-bond acceptors (Lipinski definition) is 6. The van der Waals surface area contributed by atoms with Crippen LogP contribution in [-0.2, 0) is 0 Å². The van der Waals surface area contributed by atoms with Crippen molar-refractivity contribution >= 4 is 46.0 Å². The van der Waals surface area contributed by atoms with Gasteiger partial charge in [0.25, 0.3) is 11.4 Å². The van der Waals surface area contributed by atoms with E-state index >= 15 is 13.2 Å². The molecule has 3 aromatic rings. The van der Waals surface area contributed by atoms with Gasteiger partial charge in [-0.1, -0.05) is 35.3 Å². The van der Waals surface area contributed by atoms with Crippen molar-refractivity contribution in [2.24, 2.45) is 0 Å². The molecule has 0 N–H and O–H groups in total. The van der Waals surface area contributed by atoms with Gasteiger partial charge in [-0.05, 0) is 55.4 Å². The Kier molecular flexibility index (Phi) is 7.78. The van der Waals surface area contributed by atoms with Crippen molar-refractivity contribution in [1.29, 1.82) is 0 Å². The van der Waals surface area contributed by atoms with E-state index in [-0.39, 0.29) is 21.4 Å². The van der Waals surface area contributed by atoms with Gasteiger partial charge in [0, 0.05) is 31.3 Å². The van der Waals surface area contributed by atoms with E-state index in [1.165, 1.54) is 46.2 Å². The number of halogens is 5. The molecule has 2 heterocycles. The Balaban J connectivity index is 1.67. The summed E-state index contributed by atoms with van der Waals surface area (Å²) in [6.45, 7) is 0.787. The van der Waals surface area contributed by atoms with Crippen molar-refractivity contribution in [3.05, 3.63) is 101 Å². The third-order valence-corrected chi connectivity index (χ3v) is 8.19. The summed E-state index contributed by atoms with van der Waals surface area (Å²) < 4.78 is 47.0. The predicted octanol–water partition coefficient (Wildman–Crippen LogP) is 8.30. The first-order valence-electron chi connectivity index (χ1n) is 12.7. The van der Waals surface area contributed by atoms with Gasteiger partial charge < -0.3 is 9.80 Å². The zero-order valence-electron chi connectivity index (χ0n) is 21.0. The number of benzene rings is 3. The Hall–Kier alpha value is -3.57. The number of anilines is 2. The lowest BCUT2D eigenvalue weighted by Crippen LogP contribution is -2.32. The van der Waals surface area contributed by atoms with Gasteiger partial charge in [0.15, 0.2) is 17.5 Å². The monoisotopic (exact) mass is 594 g/mol. The van der Waals surface area contributed by atoms with Crippen molar-refractivity contribution in [3.8, 4) is 0 Å². The molecule has 0 unspecified atom stereocenters. The maximum absolute atomic E-state index is 15.9. The first-order chi connectivity index (χ1) is 19.1. The zero-order valence-corrected chi connectivity index (χ0v) is 22.5. The summed E-state index contributed by atoms with van der Waals surface area (Å²) in [6.07, 6.45) is 2.97. The summed E-state index contributed by atoms with van der Waals surface area (Å²) in [4.78, 5) is 24.7. The number of nitro groups is 2. The van der Waals surface area contributed by atoms with Crippen LogP contribution in [0.5, 0.6) is 0 Å². The summed E-state index contributed by atoms with van der Waals surface area (Å²) >= 11 is 12.0. The average molecular weight is 595 g/mol. The van der Waals surface area contributed by atoms with Crippen LogP contribution in [0.15, 0.2) is 42.5 Å². The highest BCUT2D eigenvalue weighted by Crippen LogP contribution is 2.50. The van der Waals surface area contributed by atoms with Crippen LogP contribution in [0.3, 0.4) is 0 Å². The van der Waals surface area contributed by atoms with Crippen molar-refractivity contribution in [3.63, 3.8) is 0 Å². The molecule has 8 nitrogen and oxygen atoms in total. The minimum atomic E-state index is -1.33. The van der Waals surface area contributed by atoms with E-state index < -0.39 is 50.8 Å². The highest BCUT2D eigenvalue weighted by molar-refractivity contribution is 6.33. The molecule has 0 aromatic heterocycles. The summed E-state index contributed by atoms with van der Waals surface area (Å²) in [5.41, 5.74) is -0.813. The Morgan fingerprint density at radius 3 is 1.73 bits per heavy atom. The highest BCUT2D eigenvalue weighted by atomic mass is 35.5. The second-order valence-corrected chi connectivity index (χ2v) is 10.7. The Morgan fingerprint density at radius 2 is 1.25 bits per heavy atom. The first-order valence-corrected chi connectivity index (χ1v) is 13.4. The molecule has 2 saturated heterocycles. The van der Waals surface area contributed by atoms with Crippen LogP contribution in [-0.4, -0.2) is 22.9 Å². The van der Waals surface area contributed by atoms with Crippen molar-refractivity contribution in [1.82, 2.24) is 0 Å². The van der Waals surface area contributed by atoms with Crippen LogP contribution >= 0.6 is 23.2 Å². The molecule has 40 heavy (non-hydrogen) atoms. The number of hydrogen-bond donors (Lipinski definition) is 0. The molecule has 0 aliphatic carbocycles. The van der Waals surface area contributed by atoms with E-state index in [0.717, 1.165) is 25.3 Å². The maximum atomic E-state index is 15.9. The van der Waals surface area contributed by atoms with E-state index in [9.17, 15) is 20.2 Å². The molecule has 0 radical (unpaired) electrons. The lowest BCUT2D eigenvalue weighted by molar-refractivity contribution is -0.384. The summed E-state index contributed by atoms with van der Waals surface area (Å²) in [5, 5.41) is 22.9. The topological polar surface area (TPSA) is 92.8 Å². The molecule has 0 bridgehead atoms. The van der Waals surface area contributed by atoms with Gasteiger partial charge in [0.05, 0.1) is 27.6 Å². The molecule has 2 atom stereocenters. The number of nitrogens with zero attached hydrogens (tertiary/aromatic N) is 4. The molecule has 0 spiro atoms. The van der Waals surface area contributed by atoms with Gasteiger partial charge >= 0.3 is 0 Å². The van der Waals surface area contributed by atoms with Gasteiger partial charge in [-0.15, -0.1) is 0 Å². The van der Waals surface area contributed by atoms with E-state index in [0.29, 0.717) is 37.1 Å². The Morgan fingerprint density at radius 1 is 0.750 bits per heavy atom. The fourth-order valence-corrected chi connectivity index (χ4v) is 6.10. The molecule has 210 valence electrons. The smallest absolute Gasteiger partial charge is 0.288 e. The molecule has 2 fully saturated rings. The second-order valence-electron chi connectivity index (χ2n) is 9.85. The van der Waals surface area contributed by atoms with Crippen molar-refractivity contribution in [2.75, 3.05) is 22.9 Å². The third-order valence-electron chi connectivity index (χ3n) is 7.55. The molecule has 13 heteroatoms. The first kappa shape index (κ1) is 28.0. The van der Waals surface area contributed by atoms with Gasteiger partial charge in [0.1, 0.15) is 15.7 Å². The quantitative estimate of drug-likeness (QED) is 0.162. The standard InChI is InChI=1S/C27H23Cl2F3N4O4/c28-17-6-4-15(12-22(17)35(37)38)20-8-9-21(16-5-7-18(29)23(13-16)36(39)40)34(20)24-14-19(30)27(26(32)25(24)31)33-10-2-1-3-11-33/h4-7,12-14,20-21H,1-3,8-11H2/t20-,21-/m1/s1. The summed E-state index contributed by atoms with van der Waals surface area (Å²) in [5.74, 6) is -3.54. The Bertz CT molecular complexity index is 1430. The predicted molar refractivity (Wildman–Crippen MR) is 146 cm³/mol. The molecule has 3 aromatic carbocycles. The molecule has 0 amide bonds. The minimum absolute atomic E-state index is 0.0997. The molecule has 0 saturated carbocycles. The van der Waals surface area contributed by atoms with Crippen LogP contribution in [0.4, 0.5) is 35.9 Å². The largest absolute Gasteiger partial charge is 0.367 e. The highest BCUT2D eigenvalue weighted by Gasteiger charge is 2.40. The van der Waals surface area contributed by atoms with E-state index in [4.69, 9.17) is 23.2 Å². The molecular weight excluding hydrogens is 572 g/mol. The van der Waals surface area contributed by atoms with Crippen LogP contribution in [0.25, 0.3) is 0 Å². The third kappa shape index (κ3) is 5.03. The summed E-state index contributed by atoms with van der Waals surface area (Å²) in [6, 6.07) is 7.66. The van der Waals surface area contributed by atoms with Gasteiger partial charge in [-0.2, -0.15) is 0 Å². The lowest BCUT2D eigenvalue weighted by atomic mass is 10.0. The molecule has 5 rings (SSSR count). The number of nitro benzene ring substituents is 2.